The van der Waals surface area contributed by atoms with E-state index in [0.717, 1.165) is 32.1 Å². The fourth-order valence-corrected chi connectivity index (χ4v) is 4.17. The van der Waals surface area contributed by atoms with Gasteiger partial charge in [0.15, 0.2) is 11.2 Å². The van der Waals surface area contributed by atoms with Crippen LogP contribution in [-0.4, -0.2) is 35.2 Å². The molecule has 0 bridgehead atoms. The summed E-state index contributed by atoms with van der Waals surface area (Å²) in [6.45, 7) is 5.23. The van der Waals surface area contributed by atoms with Gasteiger partial charge in [-0.3, -0.25) is 19.1 Å². The molecule has 0 atom stereocenters. The Hall–Kier alpha value is -4.02. The Morgan fingerprint density at radius 1 is 1.08 bits per heavy atom. The summed E-state index contributed by atoms with van der Waals surface area (Å²) in [7, 11) is 0. The first-order valence-corrected chi connectivity index (χ1v) is 12.4. The molecule has 0 aliphatic heterocycles. The fourth-order valence-electron chi connectivity index (χ4n) is 4.17. The number of aryl methyl sites for hydroxylation is 3. The van der Waals surface area contributed by atoms with Crippen LogP contribution in [0, 0.1) is 0 Å². The largest absolute Gasteiger partial charge is 0.423 e. The van der Waals surface area contributed by atoms with E-state index in [2.05, 4.69) is 27.4 Å². The summed E-state index contributed by atoms with van der Waals surface area (Å²) < 4.78 is 8.62. The average Bonchev–Trinajstić information content (AvgIpc) is 3.52. The first-order valence-electron chi connectivity index (χ1n) is 12.4. The van der Waals surface area contributed by atoms with Gasteiger partial charge in [-0.2, -0.15) is 0 Å². The lowest BCUT2D eigenvalue weighted by atomic mass is 10.2. The molecule has 3 aromatic heterocycles. The number of hydrogen-bond acceptors (Lipinski definition) is 7. The van der Waals surface area contributed by atoms with Gasteiger partial charge >= 0.3 is 5.69 Å². The fraction of sp³-hybridized carbons (Fsp3) is 0.440. The van der Waals surface area contributed by atoms with E-state index in [-0.39, 0.29) is 12.3 Å². The Bertz CT molecular complexity index is 1430. The molecule has 4 aromatic rings. The Labute approximate surface area is 207 Å². The summed E-state index contributed by atoms with van der Waals surface area (Å²) in [6.07, 6.45) is 6.36. The normalized spacial score (nSPS) is 11.3. The van der Waals surface area contributed by atoms with Crippen LogP contribution in [0.5, 0.6) is 0 Å². The molecule has 0 spiro atoms. The number of nitrogens with one attached hydrogen (secondary N) is 2. The third kappa shape index (κ3) is 5.61. The Kier molecular flexibility index (Phi) is 8.09. The van der Waals surface area contributed by atoms with Crippen LogP contribution in [0.2, 0.25) is 0 Å². The van der Waals surface area contributed by atoms with Crippen molar-refractivity contribution in [3.63, 3.8) is 0 Å². The topological polar surface area (TPSA) is 141 Å². The predicted octanol–water partition coefficient (Wildman–Crippen LogP) is 3.50. The standard InChI is InChI=1S/C25H31N7O4/c1-3-5-7-14-31-19(28-22-21(31)23(34)29-25(35)32(22)13-6-4-2)11-12-20(33)27-18-10-8-9-17(15-18)24-30-26-16-36-24/h8-10,15-16H,3-7,11-14H2,1-2H3,(H,27,33)(H,29,34,35). The molecule has 2 N–H and O–H groups in total. The van der Waals surface area contributed by atoms with Gasteiger partial charge in [-0.1, -0.05) is 39.2 Å². The van der Waals surface area contributed by atoms with Crippen LogP contribution >= 0.6 is 0 Å². The van der Waals surface area contributed by atoms with Gasteiger partial charge in [0.2, 0.25) is 18.2 Å². The number of benzene rings is 1. The maximum Gasteiger partial charge on any atom is 0.330 e. The third-order valence-corrected chi connectivity index (χ3v) is 6.01. The zero-order chi connectivity index (χ0) is 25.5. The lowest BCUT2D eigenvalue weighted by Gasteiger charge is -2.09. The van der Waals surface area contributed by atoms with E-state index in [9.17, 15) is 14.4 Å². The van der Waals surface area contributed by atoms with Crippen LogP contribution in [0.4, 0.5) is 5.69 Å². The van der Waals surface area contributed by atoms with Crippen molar-refractivity contribution < 1.29 is 9.21 Å². The third-order valence-electron chi connectivity index (χ3n) is 6.01. The highest BCUT2D eigenvalue weighted by Gasteiger charge is 2.19. The van der Waals surface area contributed by atoms with E-state index in [1.807, 2.05) is 17.6 Å². The van der Waals surface area contributed by atoms with Gasteiger partial charge in [-0.15, -0.1) is 10.2 Å². The van der Waals surface area contributed by atoms with Crippen LogP contribution in [0.1, 0.15) is 58.2 Å². The number of fused-ring (bicyclic) bond motifs is 1. The van der Waals surface area contributed by atoms with Gasteiger partial charge in [0.05, 0.1) is 0 Å². The molecule has 0 unspecified atom stereocenters. The maximum absolute atomic E-state index is 12.8. The van der Waals surface area contributed by atoms with Gasteiger partial charge in [0.25, 0.3) is 5.56 Å². The maximum atomic E-state index is 12.8. The van der Waals surface area contributed by atoms with Gasteiger partial charge in [-0.05, 0) is 31.0 Å². The highest BCUT2D eigenvalue weighted by molar-refractivity contribution is 5.91. The van der Waals surface area contributed by atoms with Crippen LogP contribution < -0.4 is 16.6 Å². The summed E-state index contributed by atoms with van der Waals surface area (Å²) in [4.78, 5) is 45.2. The van der Waals surface area contributed by atoms with Crippen molar-refractivity contribution in [1.29, 1.82) is 0 Å². The zero-order valence-electron chi connectivity index (χ0n) is 20.6. The molecule has 1 aromatic carbocycles. The number of anilines is 1. The molecule has 11 heteroatoms. The minimum absolute atomic E-state index is 0.166. The van der Waals surface area contributed by atoms with Gasteiger partial charge in [0, 0.05) is 37.2 Å². The Morgan fingerprint density at radius 2 is 1.89 bits per heavy atom. The molecule has 0 aliphatic carbocycles. The lowest BCUT2D eigenvalue weighted by molar-refractivity contribution is -0.116. The average molecular weight is 494 g/mol. The summed E-state index contributed by atoms with van der Waals surface area (Å²) >= 11 is 0. The van der Waals surface area contributed by atoms with E-state index < -0.39 is 11.2 Å². The zero-order valence-corrected chi connectivity index (χ0v) is 20.6. The number of aromatic amines is 1. The monoisotopic (exact) mass is 493 g/mol. The van der Waals surface area contributed by atoms with Crippen molar-refractivity contribution >= 4 is 22.8 Å². The van der Waals surface area contributed by atoms with Crippen molar-refractivity contribution in [2.45, 2.75) is 71.9 Å². The van der Waals surface area contributed by atoms with Crippen molar-refractivity contribution in [3.05, 3.63) is 57.3 Å². The van der Waals surface area contributed by atoms with E-state index in [1.165, 1.54) is 11.0 Å². The highest BCUT2D eigenvalue weighted by atomic mass is 16.4. The van der Waals surface area contributed by atoms with Crippen molar-refractivity contribution in [2.75, 3.05) is 5.32 Å². The van der Waals surface area contributed by atoms with Crippen LogP contribution in [0.3, 0.4) is 0 Å². The SMILES string of the molecule is CCCCCn1c(CCC(=O)Nc2cccc(-c3nnco3)c2)nc2c1c(=O)[nH]c(=O)n2CCCC. The van der Waals surface area contributed by atoms with Crippen LogP contribution in [-0.2, 0) is 24.3 Å². The first-order chi connectivity index (χ1) is 17.5. The molecule has 3 heterocycles. The summed E-state index contributed by atoms with van der Waals surface area (Å²) in [6, 6.07) is 7.16. The van der Waals surface area contributed by atoms with E-state index in [4.69, 9.17) is 9.40 Å². The van der Waals surface area contributed by atoms with E-state index >= 15 is 0 Å². The second-order valence-corrected chi connectivity index (χ2v) is 8.70. The van der Waals surface area contributed by atoms with Crippen molar-refractivity contribution in [2.24, 2.45) is 0 Å². The second-order valence-electron chi connectivity index (χ2n) is 8.70. The number of rotatable bonds is 12. The second kappa shape index (κ2) is 11.6. The molecule has 0 aliphatic rings. The van der Waals surface area contributed by atoms with Crippen molar-refractivity contribution in [1.82, 2.24) is 29.3 Å². The molecule has 190 valence electrons. The summed E-state index contributed by atoms with van der Waals surface area (Å²) in [5.41, 5.74) is 1.19. The molecule has 0 radical (unpaired) electrons. The minimum Gasteiger partial charge on any atom is -0.423 e. The van der Waals surface area contributed by atoms with Gasteiger partial charge in [-0.25, -0.2) is 9.78 Å². The number of H-pyrrole nitrogens is 1. The lowest BCUT2D eigenvalue weighted by Crippen LogP contribution is -2.31. The van der Waals surface area contributed by atoms with Crippen LogP contribution in [0.15, 0.2) is 44.7 Å². The first kappa shape index (κ1) is 25.1. The number of nitrogens with zero attached hydrogens (tertiary/aromatic N) is 5. The smallest absolute Gasteiger partial charge is 0.330 e. The molecule has 0 fully saturated rings. The Balaban J connectivity index is 1.57. The quantitative estimate of drug-likeness (QED) is 0.288. The van der Waals surface area contributed by atoms with E-state index in [0.29, 0.717) is 53.6 Å². The minimum atomic E-state index is -0.454. The number of unbranched alkanes of at least 4 members (excludes halogenated alkanes) is 3. The number of aromatic nitrogens is 6. The van der Waals surface area contributed by atoms with Gasteiger partial charge in [0.1, 0.15) is 5.82 Å². The molecule has 0 saturated heterocycles. The van der Waals surface area contributed by atoms with Gasteiger partial charge < -0.3 is 14.3 Å². The molecular formula is C25H31N7O4. The molecule has 1 amide bonds. The van der Waals surface area contributed by atoms with Crippen molar-refractivity contribution in [3.8, 4) is 11.5 Å². The highest BCUT2D eigenvalue weighted by Crippen LogP contribution is 2.21. The number of imidazole rings is 1. The molecule has 0 saturated carbocycles. The molecular weight excluding hydrogens is 462 g/mol. The van der Waals surface area contributed by atoms with Crippen LogP contribution in [0.25, 0.3) is 22.6 Å². The summed E-state index contributed by atoms with van der Waals surface area (Å²) in [5, 5.41) is 10.5. The molecule has 4 rings (SSSR count). The number of carbonyl (C=O) groups excluding carboxylic acids is 1. The Morgan fingerprint density at radius 3 is 2.64 bits per heavy atom. The number of amides is 1. The summed E-state index contributed by atoms with van der Waals surface area (Å²) in [5.74, 6) is 0.797. The number of carbonyl (C=O) groups is 1. The van der Waals surface area contributed by atoms with E-state index in [1.54, 1.807) is 18.2 Å². The molecule has 36 heavy (non-hydrogen) atoms. The molecule has 11 nitrogen and oxygen atoms in total. The number of hydrogen-bond donors (Lipinski definition) is 2. The predicted molar refractivity (Wildman–Crippen MR) is 136 cm³/mol.